The average Bonchev–Trinajstić information content (AvgIpc) is 2.60. The molecule has 1 saturated carbocycles. The van der Waals surface area contributed by atoms with E-state index in [2.05, 4.69) is 0 Å². The van der Waals surface area contributed by atoms with Gasteiger partial charge in [-0.15, -0.1) is 0 Å². The van der Waals surface area contributed by atoms with E-state index in [-0.39, 0.29) is 22.8 Å². The fraction of sp³-hybridized carbons (Fsp3) is 0.556. The molecule has 0 spiro atoms. The van der Waals surface area contributed by atoms with E-state index in [1.165, 1.54) is 0 Å². The summed E-state index contributed by atoms with van der Waals surface area (Å²) < 4.78 is 0. The van der Waals surface area contributed by atoms with Crippen molar-refractivity contribution in [1.82, 2.24) is 0 Å². The first-order valence-corrected chi connectivity index (χ1v) is 4.25. The fourth-order valence-electron chi connectivity index (χ4n) is 2.50. The predicted octanol–water partition coefficient (Wildman–Crippen LogP) is -1.06. The molecule has 6 heteroatoms. The van der Waals surface area contributed by atoms with Gasteiger partial charge in [0.2, 0.25) is 0 Å². The van der Waals surface area contributed by atoms with Crippen molar-refractivity contribution in [2.75, 3.05) is 0 Å². The number of fused-ring (bicyclic) bond motifs is 2. The van der Waals surface area contributed by atoms with Gasteiger partial charge in [-0.05, 0) is 18.3 Å². The second kappa shape index (κ2) is 4.41. The van der Waals surface area contributed by atoms with Crippen LogP contribution in [0, 0.1) is 23.7 Å². The maximum absolute atomic E-state index is 10.8. The molecule has 2 aliphatic rings. The zero-order valence-corrected chi connectivity index (χ0v) is 7.88. The Balaban J connectivity index is 0.000000980. The van der Waals surface area contributed by atoms with Crippen LogP contribution in [0.2, 0.25) is 0 Å². The Bertz CT molecular complexity index is 269. The number of aliphatic carboxylic acids is 2. The lowest BCUT2D eigenvalue weighted by Gasteiger charge is -2.20. The van der Waals surface area contributed by atoms with Crippen LogP contribution in [0.15, 0.2) is 12.2 Å². The van der Waals surface area contributed by atoms with Crippen LogP contribution in [-0.4, -0.2) is 33.1 Å². The summed E-state index contributed by atoms with van der Waals surface area (Å²) in [4.78, 5) is 21.6. The summed E-state index contributed by atoms with van der Waals surface area (Å²) in [6, 6.07) is 0. The number of hydrogen-bond acceptors (Lipinski definition) is 2. The molecule has 0 aromatic heterocycles. The molecule has 0 amide bonds. The van der Waals surface area contributed by atoms with Crippen LogP contribution in [0.3, 0.4) is 0 Å². The molecule has 0 aromatic carbocycles. The Morgan fingerprint density at radius 2 is 1.27 bits per heavy atom. The van der Waals surface area contributed by atoms with E-state index in [0.717, 1.165) is 0 Å². The van der Waals surface area contributed by atoms with Gasteiger partial charge in [0.1, 0.15) is 0 Å². The van der Waals surface area contributed by atoms with Crippen molar-refractivity contribution in [1.29, 1.82) is 0 Å². The van der Waals surface area contributed by atoms with E-state index in [1.54, 1.807) is 0 Å². The zero-order valence-electron chi connectivity index (χ0n) is 7.88. The third-order valence-electron chi connectivity index (χ3n) is 3.03. The molecule has 0 heterocycles. The van der Waals surface area contributed by atoms with Gasteiger partial charge in [0.15, 0.2) is 0 Å². The van der Waals surface area contributed by atoms with Crippen LogP contribution in [0.25, 0.3) is 0 Å². The lowest BCUT2D eigenvalue weighted by molar-refractivity contribution is -0.154. The van der Waals surface area contributed by atoms with Gasteiger partial charge in [0.25, 0.3) is 0 Å². The number of hydrogen-bond donors (Lipinski definition) is 2. The number of carbonyl (C=O) groups is 2. The third-order valence-corrected chi connectivity index (χ3v) is 3.03. The summed E-state index contributed by atoms with van der Waals surface area (Å²) in [5, 5.41) is 17.7. The summed E-state index contributed by atoms with van der Waals surface area (Å²) in [5.41, 5.74) is 0. The molecule has 0 aliphatic heterocycles. The summed E-state index contributed by atoms with van der Waals surface area (Å²) in [7, 11) is 0. The smallest absolute Gasteiger partial charge is 0.307 e. The van der Waals surface area contributed by atoms with Gasteiger partial charge in [-0.3, -0.25) is 9.59 Å². The van der Waals surface area contributed by atoms with Crippen molar-refractivity contribution in [3.05, 3.63) is 12.2 Å². The van der Waals surface area contributed by atoms with Crippen LogP contribution in [0.5, 0.6) is 0 Å². The van der Waals surface area contributed by atoms with Gasteiger partial charge in [-0.2, -0.15) is 0 Å². The first-order chi connectivity index (χ1) is 6.11. The number of rotatable bonds is 2. The van der Waals surface area contributed by atoms with E-state index in [0.29, 0.717) is 6.42 Å². The van der Waals surface area contributed by atoms with Crippen molar-refractivity contribution in [3.8, 4) is 0 Å². The Hall–Kier alpha value is -1.40. The molecule has 0 radical (unpaired) electrons. The lowest BCUT2D eigenvalue weighted by Crippen LogP contribution is -2.32. The molecule has 2 aliphatic carbocycles. The van der Waals surface area contributed by atoms with Crippen LogP contribution in [0.1, 0.15) is 6.42 Å². The van der Waals surface area contributed by atoms with Crippen LogP contribution >= 0.6 is 0 Å². The first kappa shape index (κ1) is 13.6. The van der Waals surface area contributed by atoms with Gasteiger partial charge in [-0.1, -0.05) is 12.2 Å². The molecular weight excluding hydrogens is 204 g/mol. The quantitative estimate of drug-likeness (QED) is 0.570. The zero-order chi connectivity index (χ0) is 9.59. The Kier molecular flexibility index (Phi) is 4.00. The van der Waals surface area contributed by atoms with Crippen molar-refractivity contribution in [2.24, 2.45) is 23.7 Å². The average molecular weight is 218 g/mol. The number of allylic oxidation sites excluding steroid dienone is 2. The maximum Gasteiger partial charge on any atom is 0.307 e. The summed E-state index contributed by atoms with van der Waals surface area (Å²) in [6.45, 7) is 0. The summed E-state index contributed by atoms with van der Waals surface area (Å²) >= 11 is 0. The van der Waals surface area contributed by atoms with E-state index < -0.39 is 23.8 Å². The number of carboxylic acid groups (broad SMARTS) is 2. The topological polar surface area (TPSA) is 138 Å². The highest BCUT2D eigenvalue weighted by Gasteiger charge is 2.51. The lowest BCUT2D eigenvalue weighted by atomic mass is 9.83. The van der Waals surface area contributed by atoms with Gasteiger partial charge >= 0.3 is 11.9 Å². The molecule has 15 heavy (non-hydrogen) atoms. The first-order valence-electron chi connectivity index (χ1n) is 4.25. The molecule has 0 aromatic rings. The SMILES string of the molecule is O.O.O=C(O)C1C(C(=O)O)[C@H]2C=C[C@@H]1C2. The minimum Gasteiger partial charge on any atom is -0.481 e. The molecule has 0 saturated heterocycles. The molecule has 2 rings (SSSR count). The van der Waals surface area contributed by atoms with Gasteiger partial charge in [0.05, 0.1) is 11.8 Å². The molecule has 86 valence electrons. The third kappa shape index (κ3) is 1.86. The molecule has 2 unspecified atom stereocenters. The predicted molar refractivity (Wildman–Crippen MR) is 50.2 cm³/mol. The molecule has 2 bridgehead atoms. The van der Waals surface area contributed by atoms with E-state index in [9.17, 15) is 9.59 Å². The van der Waals surface area contributed by atoms with E-state index in [4.69, 9.17) is 10.2 Å². The van der Waals surface area contributed by atoms with Gasteiger partial charge < -0.3 is 21.2 Å². The van der Waals surface area contributed by atoms with Crippen LogP contribution in [-0.2, 0) is 9.59 Å². The monoisotopic (exact) mass is 218 g/mol. The van der Waals surface area contributed by atoms with Crippen molar-refractivity contribution < 1.29 is 30.8 Å². The largest absolute Gasteiger partial charge is 0.481 e. The summed E-state index contributed by atoms with van der Waals surface area (Å²) in [6.07, 6.45) is 4.36. The minimum atomic E-state index is -0.982. The van der Waals surface area contributed by atoms with Crippen LogP contribution in [0.4, 0.5) is 0 Å². The molecule has 6 nitrogen and oxygen atoms in total. The summed E-state index contributed by atoms with van der Waals surface area (Å²) in [5.74, 6) is -3.53. The maximum atomic E-state index is 10.8. The molecule has 6 N–H and O–H groups in total. The van der Waals surface area contributed by atoms with Gasteiger partial charge in [-0.25, -0.2) is 0 Å². The molecule has 1 fully saturated rings. The highest BCUT2D eigenvalue weighted by Crippen LogP contribution is 2.48. The van der Waals surface area contributed by atoms with Crippen molar-refractivity contribution in [3.63, 3.8) is 0 Å². The second-order valence-electron chi connectivity index (χ2n) is 3.68. The minimum absolute atomic E-state index is 0. The van der Waals surface area contributed by atoms with Crippen molar-refractivity contribution in [2.45, 2.75) is 6.42 Å². The Morgan fingerprint density at radius 3 is 1.53 bits per heavy atom. The van der Waals surface area contributed by atoms with E-state index >= 15 is 0 Å². The van der Waals surface area contributed by atoms with E-state index in [1.807, 2.05) is 12.2 Å². The molecule has 4 atom stereocenters. The Morgan fingerprint density at radius 1 is 0.933 bits per heavy atom. The normalized spacial score (nSPS) is 35.5. The molecular formula is C9H14O6. The standard InChI is InChI=1S/C9H10O4.2H2O/c10-8(11)6-4-1-2-5(3-4)7(6)9(12)13;;/h1-2,4-7H,3H2,(H,10,11)(H,12,13);2*1H2/t4-,5+,6?,7?;;. The van der Waals surface area contributed by atoms with Gasteiger partial charge in [0, 0.05) is 0 Å². The highest BCUT2D eigenvalue weighted by atomic mass is 16.4. The number of carboxylic acids is 2. The van der Waals surface area contributed by atoms with Crippen LogP contribution < -0.4 is 0 Å². The van der Waals surface area contributed by atoms with Crippen molar-refractivity contribution >= 4 is 11.9 Å². The second-order valence-corrected chi connectivity index (χ2v) is 3.68. The Labute approximate surface area is 85.8 Å². The highest BCUT2D eigenvalue weighted by molar-refractivity contribution is 5.82. The fourth-order valence-corrected chi connectivity index (χ4v) is 2.50.